The lowest BCUT2D eigenvalue weighted by atomic mass is 10.1. The van der Waals surface area contributed by atoms with Crippen LogP contribution in [0, 0.1) is 0 Å². The molecule has 1 saturated heterocycles. The molecule has 0 spiro atoms. The Hall–Kier alpha value is -0.980. The fourth-order valence-electron chi connectivity index (χ4n) is 2.16. The number of benzene rings is 1. The fraction of sp³-hybridized carbons (Fsp3) is 0.538. The van der Waals surface area contributed by atoms with Crippen LogP contribution in [-0.2, 0) is 16.0 Å². The number of hydrogen-bond donors (Lipinski definition) is 3. The second-order valence-electron chi connectivity index (χ2n) is 4.34. The van der Waals surface area contributed by atoms with Gasteiger partial charge >= 0.3 is 0 Å². The van der Waals surface area contributed by atoms with Crippen molar-refractivity contribution >= 4 is 0 Å². The summed E-state index contributed by atoms with van der Waals surface area (Å²) < 4.78 is 10.4. The Morgan fingerprint density at radius 2 is 2.06 bits per heavy atom. The standard InChI is InChI=1S/C13H19NO4/c1-17-13-12(16)11(10(8-15)18-13)14-7-9-5-3-2-4-6-9/h2-6,10-16H,7-8H2,1H3/t10-,11-,12+,13+/m1/s1. The van der Waals surface area contributed by atoms with E-state index in [1.165, 1.54) is 7.11 Å². The Labute approximate surface area is 106 Å². The smallest absolute Gasteiger partial charge is 0.185 e. The summed E-state index contributed by atoms with van der Waals surface area (Å²) in [5.41, 5.74) is 1.11. The minimum Gasteiger partial charge on any atom is -0.394 e. The zero-order valence-electron chi connectivity index (χ0n) is 10.3. The molecule has 4 atom stereocenters. The molecule has 0 amide bonds. The molecule has 5 nitrogen and oxygen atoms in total. The van der Waals surface area contributed by atoms with E-state index in [4.69, 9.17) is 9.47 Å². The van der Waals surface area contributed by atoms with Crippen LogP contribution in [0.5, 0.6) is 0 Å². The first-order chi connectivity index (χ1) is 8.76. The molecule has 0 bridgehead atoms. The monoisotopic (exact) mass is 253 g/mol. The fourth-order valence-corrected chi connectivity index (χ4v) is 2.16. The molecule has 0 unspecified atom stereocenters. The third kappa shape index (κ3) is 2.88. The molecule has 3 N–H and O–H groups in total. The zero-order valence-corrected chi connectivity index (χ0v) is 10.3. The van der Waals surface area contributed by atoms with Crippen molar-refractivity contribution in [1.29, 1.82) is 0 Å². The van der Waals surface area contributed by atoms with E-state index in [1.54, 1.807) is 0 Å². The van der Waals surface area contributed by atoms with Crippen LogP contribution in [0.2, 0.25) is 0 Å². The molecule has 0 aliphatic carbocycles. The van der Waals surface area contributed by atoms with E-state index in [0.717, 1.165) is 5.56 Å². The molecule has 5 heteroatoms. The summed E-state index contributed by atoms with van der Waals surface area (Å²) in [7, 11) is 1.47. The lowest BCUT2D eigenvalue weighted by molar-refractivity contribution is -0.153. The Morgan fingerprint density at radius 3 is 2.67 bits per heavy atom. The highest BCUT2D eigenvalue weighted by Crippen LogP contribution is 2.21. The van der Waals surface area contributed by atoms with Crippen molar-refractivity contribution in [2.75, 3.05) is 13.7 Å². The second-order valence-corrected chi connectivity index (χ2v) is 4.34. The molecule has 1 aromatic carbocycles. The highest BCUT2D eigenvalue weighted by Gasteiger charge is 2.43. The summed E-state index contributed by atoms with van der Waals surface area (Å²) in [6.45, 7) is 0.461. The van der Waals surface area contributed by atoms with Gasteiger partial charge in [-0.15, -0.1) is 0 Å². The summed E-state index contributed by atoms with van der Waals surface area (Å²) in [6, 6.07) is 9.53. The largest absolute Gasteiger partial charge is 0.394 e. The van der Waals surface area contributed by atoms with Crippen LogP contribution in [-0.4, -0.2) is 48.5 Å². The average Bonchev–Trinajstić information content (AvgIpc) is 2.73. The van der Waals surface area contributed by atoms with Gasteiger partial charge in [0, 0.05) is 13.7 Å². The van der Waals surface area contributed by atoms with Crippen LogP contribution in [0.25, 0.3) is 0 Å². The minimum atomic E-state index is -0.782. The molecule has 1 heterocycles. The normalized spacial score (nSPS) is 31.7. The average molecular weight is 253 g/mol. The summed E-state index contributed by atoms with van der Waals surface area (Å²) in [6.07, 6.45) is -1.92. The highest BCUT2D eigenvalue weighted by molar-refractivity contribution is 5.14. The first kappa shape index (κ1) is 13.5. The molecule has 1 aliphatic heterocycles. The maximum Gasteiger partial charge on any atom is 0.185 e. The second kappa shape index (κ2) is 6.26. The molecule has 1 aliphatic rings. The molecular weight excluding hydrogens is 234 g/mol. The van der Waals surface area contributed by atoms with Crippen molar-refractivity contribution in [2.24, 2.45) is 0 Å². The van der Waals surface area contributed by atoms with Gasteiger partial charge in [0.15, 0.2) is 6.29 Å². The van der Waals surface area contributed by atoms with Gasteiger partial charge in [0.05, 0.1) is 12.6 Å². The molecule has 0 radical (unpaired) electrons. The van der Waals surface area contributed by atoms with Gasteiger partial charge in [-0.05, 0) is 5.56 Å². The summed E-state index contributed by atoms with van der Waals surface area (Å²) >= 11 is 0. The van der Waals surface area contributed by atoms with E-state index < -0.39 is 18.5 Å². The first-order valence-corrected chi connectivity index (χ1v) is 6.00. The number of rotatable bonds is 5. The number of hydrogen-bond acceptors (Lipinski definition) is 5. The third-order valence-electron chi connectivity index (χ3n) is 3.15. The van der Waals surface area contributed by atoms with Crippen LogP contribution in [0.4, 0.5) is 0 Å². The highest BCUT2D eigenvalue weighted by atomic mass is 16.7. The maximum absolute atomic E-state index is 10.0. The molecule has 1 aromatic rings. The van der Waals surface area contributed by atoms with Crippen LogP contribution >= 0.6 is 0 Å². The van der Waals surface area contributed by atoms with E-state index in [1.807, 2.05) is 30.3 Å². The van der Waals surface area contributed by atoms with Gasteiger partial charge in [0.2, 0.25) is 0 Å². The molecule has 0 saturated carbocycles. The van der Waals surface area contributed by atoms with E-state index in [0.29, 0.717) is 6.54 Å². The number of aliphatic hydroxyl groups is 2. The summed E-state index contributed by atoms with van der Waals surface area (Å²) in [5, 5.41) is 22.4. The van der Waals surface area contributed by atoms with Crippen molar-refractivity contribution in [1.82, 2.24) is 5.32 Å². The van der Waals surface area contributed by atoms with Crippen molar-refractivity contribution < 1.29 is 19.7 Å². The van der Waals surface area contributed by atoms with Crippen LogP contribution in [0.3, 0.4) is 0 Å². The van der Waals surface area contributed by atoms with Gasteiger partial charge in [0.1, 0.15) is 12.2 Å². The van der Waals surface area contributed by atoms with Crippen LogP contribution in [0.1, 0.15) is 5.56 Å². The summed E-state index contributed by atoms with van der Waals surface area (Å²) in [5.74, 6) is 0. The Kier molecular flexibility index (Phi) is 4.68. The van der Waals surface area contributed by atoms with Gasteiger partial charge in [-0.2, -0.15) is 0 Å². The van der Waals surface area contributed by atoms with Gasteiger partial charge in [0.25, 0.3) is 0 Å². The molecular formula is C13H19NO4. The number of ether oxygens (including phenoxy) is 2. The number of aliphatic hydroxyl groups excluding tert-OH is 2. The zero-order chi connectivity index (χ0) is 13.0. The predicted molar refractivity (Wildman–Crippen MR) is 65.8 cm³/mol. The summed E-state index contributed by atoms with van der Waals surface area (Å²) in [4.78, 5) is 0. The first-order valence-electron chi connectivity index (χ1n) is 6.00. The van der Waals surface area contributed by atoms with Crippen molar-refractivity contribution in [3.05, 3.63) is 35.9 Å². The molecule has 2 rings (SSSR count). The quantitative estimate of drug-likeness (QED) is 0.682. The van der Waals surface area contributed by atoms with Crippen LogP contribution < -0.4 is 5.32 Å². The van der Waals surface area contributed by atoms with Gasteiger partial charge in [-0.1, -0.05) is 30.3 Å². The van der Waals surface area contributed by atoms with Crippen molar-refractivity contribution in [3.8, 4) is 0 Å². The van der Waals surface area contributed by atoms with Crippen LogP contribution in [0.15, 0.2) is 30.3 Å². The lowest BCUT2D eigenvalue weighted by Crippen LogP contribution is -2.45. The van der Waals surface area contributed by atoms with Gasteiger partial charge in [-0.3, -0.25) is 0 Å². The minimum absolute atomic E-state index is 0.149. The molecule has 1 fully saturated rings. The van der Waals surface area contributed by atoms with E-state index in [-0.39, 0.29) is 12.6 Å². The Balaban J connectivity index is 1.95. The number of methoxy groups -OCH3 is 1. The third-order valence-corrected chi connectivity index (χ3v) is 3.15. The Bertz CT molecular complexity index is 357. The van der Waals surface area contributed by atoms with E-state index in [9.17, 15) is 10.2 Å². The SMILES string of the molecule is CO[C@H]1O[C@H](CO)[C@@H](NCc2ccccc2)[C@@H]1O. The molecule has 18 heavy (non-hydrogen) atoms. The van der Waals surface area contributed by atoms with Crippen molar-refractivity contribution in [2.45, 2.75) is 31.1 Å². The molecule has 100 valence electrons. The lowest BCUT2D eigenvalue weighted by Gasteiger charge is -2.20. The molecule has 0 aromatic heterocycles. The van der Waals surface area contributed by atoms with Crippen molar-refractivity contribution in [3.63, 3.8) is 0 Å². The Morgan fingerprint density at radius 1 is 1.33 bits per heavy atom. The topological polar surface area (TPSA) is 71.0 Å². The van der Waals surface area contributed by atoms with Gasteiger partial charge in [-0.25, -0.2) is 0 Å². The van der Waals surface area contributed by atoms with E-state index >= 15 is 0 Å². The van der Waals surface area contributed by atoms with Gasteiger partial charge < -0.3 is 25.0 Å². The maximum atomic E-state index is 10.0. The number of nitrogens with one attached hydrogen (secondary N) is 1. The predicted octanol–water partition coefficient (Wildman–Crippen LogP) is -0.131. The van der Waals surface area contributed by atoms with E-state index in [2.05, 4.69) is 5.32 Å².